The Hall–Kier alpha value is -4.05. The largest absolute Gasteiger partial charge is 0.468 e. The minimum Gasteiger partial charge on any atom is -0.468 e. The molecule has 8 aliphatic rings. The molecule has 12 atom stereocenters. The zero-order valence-corrected chi connectivity index (χ0v) is 36.4. The van der Waals surface area contributed by atoms with Crippen molar-refractivity contribution in [1.29, 1.82) is 0 Å². The fraction of sp³-hybridized carbons (Fsp3) is 0.638. The van der Waals surface area contributed by atoms with Crippen LogP contribution in [0.1, 0.15) is 69.7 Å². The van der Waals surface area contributed by atoms with Crippen LogP contribution in [0.15, 0.2) is 53.8 Å². The average Bonchev–Trinajstić information content (AvgIpc) is 3.51. The number of carbonyl (C=O) groups is 3. The van der Waals surface area contributed by atoms with Crippen molar-refractivity contribution in [1.82, 2.24) is 19.7 Å². The molecule has 7 heterocycles. The number of H-pyrrole nitrogens is 1. The van der Waals surface area contributed by atoms with Crippen molar-refractivity contribution < 1.29 is 48.3 Å². The molecule has 3 N–H and O–H groups in total. The highest BCUT2D eigenvalue weighted by molar-refractivity contribution is 5.92. The van der Waals surface area contributed by atoms with E-state index in [1.165, 1.54) is 21.1 Å². The van der Waals surface area contributed by atoms with E-state index in [4.69, 9.17) is 23.7 Å². The number of ether oxygens (including phenoxy) is 5. The molecular weight excluding hydrogens is 781 g/mol. The smallest absolute Gasteiger partial charge is 0.347 e. The number of allylic oxidation sites excluding steroid dienone is 1. The van der Waals surface area contributed by atoms with Crippen molar-refractivity contribution in [2.24, 2.45) is 22.7 Å². The van der Waals surface area contributed by atoms with Gasteiger partial charge in [-0.25, -0.2) is 4.79 Å². The van der Waals surface area contributed by atoms with Gasteiger partial charge in [-0.2, -0.15) is 0 Å². The molecule has 1 aromatic carbocycles. The van der Waals surface area contributed by atoms with Gasteiger partial charge in [0.15, 0.2) is 11.8 Å². The summed E-state index contributed by atoms with van der Waals surface area (Å²) in [7, 11) is 6.42. The molecule has 5 fully saturated rings. The maximum absolute atomic E-state index is 15.5. The topological polar surface area (TPSA) is 167 Å². The Bertz CT molecular complexity index is 2310. The van der Waals surface area contributed by atoms with E-state index >= 15 is 4.79 Å². The highest BCUT2D eigenvalue weighted by atomic mass is 16.7. The number of carbonyl (C=O) groups excluding carboxylic acids is 3. The number of aliphatic hydroxyl groups is 2. The van der Waals surface area contributed by atoms with Gasteiger partial charge in [-0.3, -0.25) is 19.4 Å². The number of benzene rings is 1. The maximum Gasteiger partial charge on any atom is 0.347 e. The van der Waals surface area contributed by atoms with Gasteiger partial charge in [-0.15, -0.1) is 0 Å². The van der Waals surface area contributed by atoms with E-state index in [-0.39, 0.29) is 18.6 Å². The Morgan fingerprint density at radius 3 is 2.51 bits per heavy atom. The molecule has 4 saturated heterocycles. The molecule has 2 bridgehead atoms. The van der Waals surface area contributed by atoms with E-state index in [1.807, 2.05) is 32.2 Å². The Labute approximate surface area is 356 Å². The molecule has 10 rings (SSSR count). The number of aromatic nitrogens is 1. The van der Waals surface area contributed by atoms with Gasteiger partial charge < -0.3 is 43.8 Å². The number of hydrogen-bond acceptors (Lipinski definition) is 13. The minimum atomic E-state index is -1.66. The number of rotatable bonds is 8. The van der Waals surface area contributed by atoms with Crippen LogP contribution in [0.4, 0.5) is 0 Å². The standard InChI is InChI=1S/C47H60N4O10/c1-8-42(56)22-29-23-44(40(54)58-6,37-30(13-17-50(24-29)26-42)31-19-28(25-52)11-12-34(31)48-37)33-20-32-35(21-36(33)57-5)49(4)47-45(32)15-18-51-16-10-14-43(9-2,38(45)51)39(60-27(3)53)46(47,61-47)41(55)59-7/h10-12,14,19-21,29,33,36,38-39,48,52,56H,8-9,13,15-18,22-26H2,1-7H3/t29-,33?,36?,38+,39-,42+,43-,44+,45-,46+,47+/m1/s1. The summed E-state index contributed by atoms with van der Waals surface area (Å²) < 4.78 is 31.6. The summed E-state index contributed by atoms with van der Waals surface area (Å²) in [6.07, 6.45) is 10.3. The summed E-state index contributed by atoms with van der Waals surface area (Å²) in [6, 6.07) is 5.64. The lowest BCUT2D eigenvalue weighted by Crippen LogP contribution is -2.73. The first-order valence-electron chi connectivity index (χ1n) is 22.1. The number of nitrogens with one attached hydrogen (secondary N) is 1. The molecule has 1 aromatic heterocycles. The van der Waals surface area contributed by atoms with E-state index < -0.39 is 69.2 Å². The highest BCUT2D eigenvalue weighted by Gasteiger charge is 2.99. The van der Waals surface area contributed by atoms with Crippen LogP contribution in [0, 0.1) is 22.7 Å². The second-order valence-electron chi connectivity index (χ2n) is 19.2. The first-order valence-corrected chi connectivity index (χ1v) is 22.1. The summed E-state index contributed by atoms with van der Waals surface area (Å²) in [5, 5.41) is 23.3. The van der Waals surface area contributed by atoms with E-state index in [9.17, 15) is 19.8 Å². The van der Waals surface area contributed by atoms with E-state index in [0.717, 1.165) is 39.0 Å². The van der Waals surface area contributed by atoms with Crippen LogP contribution in [0.2, 0.25) is 0 Å². The third kappa shape index (κ3) is 4.92. The molecule has 2 aromatic rings. The quantitative estimate of drug-likeness (QED) is 0.153. The Balaban J connectivity index is 1.26. The molecular formula is C47H60N4O10. The predicted octanol–water partition coefficient (Wildman–Crippen LogP) is 3.49. The zero-order chi connectivity index (χ0) is 43.1. The van der Waals surface area contributed by atoms with Crippen LogP contribution in [0.25, 0.3) is 10.9 Å². The molecule has 14 nitrogen and oxygen atoms in total. The minimum absolute atomic E-state index is 0.0868. The molecule has 2 aliphatic carbocycles. The van der Waals surface area contributed by atoms with Gasteiger partial charge in [-0.1, -0.05) is 38.1 Å². The van der Waals surface area contributed by atoms with Crippen LogP contribution < -0.4 is 0 Å². The van der Waals surface area contributed by atoms with Crippen molar-refractivity contribution >= 4 is 28.8 Å². The van der Waals surface area contributed by atoms with E-state index in [0.29, 0.717) is 71.2 Å². The lowest BCUT2D eigenvalue weighted by atomic mass is 9.48. The lowest BCUT2D eigenvalue weighted by molar-refractivity contribution is -0.182. The van der Waals surface area contributed by atoms with Crippen LogP contribution in [-0.4, -0.2) is 144 Å². The molecule has 2 spiro atoms. The van der Waals surface area contributed by atoms with E-state index in [2.05, 4.69) is 50.9 Å². The number of likely N-dealkylation sites (N-methyl/N-ethyl adjacent to an activating group) is 1. The molecule has 6 aliphatic heterocycles. The highest BCUT2D eigenvalue weighted by Crippen LogP contribution is 2.82. The predicted molar refractivity (Wildman–Crippen MR) is 223 cm³/mol. The Morgan fingerprint density at radius 2 is 1.82 bits per heavy atom. The number of hydrogen-bond donors (Lipinski definition) is 3. The second kappa shape index (κ2) is 13.7. The molecule has 14 heteroatoms. The van der Waals surface area contributed by atoms with Crippen LogP contribution in [0.5, 0.6) is 0 Å². The number of nitrogens with zero attached hydrogens (tertiary/aromatic N) is 3. The number of esters is 3. The number of likely N-dealkylation sites (tertiary alicyclic amines) is 1. The summed E-state index contributed by atoms with van der Waals surface area (Å²) >= 11 is 0. The summed E-state index contributed by atoms with van der Waals surface area (Å²) in [6.45, 7) is 8.68. The molecule has 0 radical (unpaired) electrons. The fourth-order valence-electron chi connectivity index (χ4n) is 14.5. The fourth-order valence-corrected chi connectivity index (χ4v) is 14.5. The molecule has 61 heavy (non-hydrogen) atoms. The maximum atomic E-state index is 15.5. The van der Waals surface area contributed by atoms with Gasteiger partial charge in [0.2, 0.25) is 0 Å². The van der Waals surface area contributed by atoms with Gasteiger partial charge in [0.05, 0.1) is 37.9 Å². The molecule has 328 valence electrons. The summed E-state index contributed by atoms with van der Waals surface area (Å²) in [5.74, 6) is -2.21. The SMILES string of the molecule is CC[C@]1(O)C[C@H]2CN(CCc3c([nH]c4ccc(CO)cc34)[C@@](C(=O)OC)(C3C=C4C(=CC3OC)N(C)[C@@]35O[C@]3(C(=O)OC)[C@H](OC(C)=O)[C@]3(CC)C=CCN6CC[C@]45[C@@H]63)C2)C1. The van der Waals surface area contributed by atoms with Gasteiger partial charge in [0, 0.05) is 86.9 Å². The Kier molecular flexibility index (Phi) is 9.22. The third-order valence-electron chi connectivity index (χ3n) is 16.8. The summed E-state index contributed by atoms with van der Waals surface area (Å²) in [5.41, 5.74) is -1.70. The van der Waals surface area contributed by atoms with Crippen LogP contribution in [-0.2, 0) is 56.5 Å². The first kappa shape index (κ1) is 41.0. The van der Waals surface area contributed by atoms with Crippen LogP contribution >= 0.6 is 0 Å². The molecule has 0 amide bonds. The van der Waals surface area contributed by atoms with Crippen LogP contribution in [0.3, 0.4) is 0 Å². The number of epoxide rings is 1. The Morgan fingerprint density at radius 1 is 1.03 bits per heavy atom. The van der Waals surface area contributed by atoms with Crippen molar-refractivity contribution in [3.05, 3.63) is 70.6 Å². The normalized spacial score (nSPS) is 41.8. The second-order valence-corrected chi connectivity index (χ2v) is 19.2. The number of methoxy groups -OCH3 is 3. The van der Waals surface area contributed by atoms with Gasteiger partial charge >= 0.3 is 17.9 Å². The van der Waals surface area contributed by atoms with Crippen molar-refractivity contribution in [2.45, 2.75) is 106 Å². The number of aromatic amines is 1. The third-order valence-corrected chi connectivity index (χ3v) is 16.8. The van der Waals surface area contributed by atoms with Gasteiger partial charge in [-0.05, 0) is 85.9 Å². The molecule has 3 unspecified atom stereocenters. The first-order chi connectivity index (χ1) is 29.2. The van der Waals surface area contributed by atoms with Gasteiger partial charge in [0.25, 0.3) is 5.60 Å². The van der Waals surface area contributed by atoms with Gasteiger partial charge in [0.1, 0.15) is 5.41 Å². The van der Waals surface area contributed by atoms with Crippen molar-refractivity contribution in [2.75, 3.05) is 61.1 Å². The number of aliphatic hydroxyl groups excluding tert-OH is 1. The van der Waals surface area contributed by atoms with E-state index in [1.54, 1.807) is 7.11 Å². The number of fused-ring (bicyclic) bond motifs is 6. The van der Waals surface area contributed by atoms with Crippen molar-refractivity contribution in [3.8, 4) is 0 Å². The lowest BCUT2D eigenvalue weighted by Gasteiger charge is -2.58. The molecule has 1 saturated carbocycles. The summed E-state index contributed by atoms with van der Waals surface area (Å²) in [4.78, 5) is 53.8. The monoisotopic (exact) mass is 840 g/mol. The number of piperidine rings is 1. The zero-order valence-electron chi connectivity index (χ0n) is 36.4. The average molecular weight is 841 g/mol. The van der Waals surface area contributed by atoms with Crippen molar-refractivity contribution in [3.63, 3.8) is 0 Å².